The molecule has 0 aromatic carbocycles. The maximum Gasteiger partial charge on any atom is 0.0941 e. The minimum Gasteiger partial charge on any atom is -0.372 e. The Morgan fingerprint density at radius 3 is 2.59 bits per heavy atom. The van der Waals surface area contributed by atoms with E-state index in [1.54, 1.807) is 0 Å². The Morgan fingerprint density at radius 1 is 1.15 bits per heavy atom. The van der Waals surface area contributed by atoms with Crippen molar-refractivity contribution in [2.75, 3.05) is 45.8 Å². The summed E-state index contributed by atoms with van der Waals surface area (Å²) in [5.74, 6) is 4.58. The first-order chi connectivity index (χ1) is 16.3. The molecular formula is C30H50N4. The zero-order valence-electron chi connectivity index (χ0n) is 22.3. The quantitative estimate of drug-likeness (QED) is 0.496. The SMILES string of the molecule is C=C(NCC1CC12CCN(CCC1CCC(CC(C)(C)C)CC1)CC2)N1CC2=CC=NCC2C1. The first kappa shape index (κ1) is 24.4. The van der Waals surface area contributed by atoms with Gasteiger partial charge in [-0.1, -0.05) is 53.0 Å². The van der Waals surface area contributed by atoms with E-state index in [1.165, 1.54) is 83.0 Å². The van der Waals surface area contributed by atoms with Crippen molar-refractivity contribution in [3.63, 3.8) is 0 Å². The molecule has 5 aliphatic rings. The second-order valence-electron chi connectivity index (χ2n) is 13.7. The van der Waals surface area contributed by atoms with E-state index >= 15 is 0 Å². The summed E-state index contributed by atoms with van der Waals surface area (Å²) < 4.78 is 0. The maximum absolute atomic E-state index is 4.43. The van der Waals surface area contributed by atoms with Crippen LogP contribution in [0.3, 0.4) is 0 Å². The first-order valence-electron chi connectivity index (χ1n) is 14.4. The number of rotatable bonds is 8. The molecular weight excluding hydrogens is 416 g/mol. The lowest BCUT2D eigenvalue weighted by Crippen LogP contribution is -2.37. The van der Waals surface area contributed by atoms with Gasteiger partial charge in [-0.25, -0.2) is 0 Å². The third-order valence-electron chi connectivity index (χ3n) is 9.92. The van der Waals surface area contributed by atoms with E-state index in [1.807, 2.05) is 6.21 Å². The van der Waals surface area contributed by atoms with Gasteiger partial charge in [-0.3, -0.25) is 4.99 Å². The van der Waals surface area contributed by atoms with E-state index < -0.39 is 0 Å². The molecule has 1 spiro atoms. The minimum absolute atomic E-state index is 0.505. The number of allylic oxidation sites excluding steroid dienone is 1. The summed E-state index contributed by atoms with van der Waals surface area (Å²) in [5.41, 5.74) is 2.68. The number of aliphatic imine (C=N–C) groups is 1. The van der Waals surface area contributed by atoms with E-state index in [-0.39, 0.29) is 0 Å². The summed E-state index contributed by atoms with van der Waals surface area (Å²) in [6.07, 6.45) is 17.2. The van der Waals surface area contributed by atoms with E-state index in [2.05, 4.69) is 53.5 Å². The maximum atomic E-state index is 4.43. The van der Waals surface area contributed by atoms with E-state index in [4.69, 9.17) is 0 Å². The molecule has 0 bridgehead atoms. The normalized spacial score (nSPS) is 33.0. The molecule has 5 rings (SSSR count). The zero-order chi connectivity index (χ0) is 23.8. The Kier molecular flexibility index (Phi) is 7.17. The number of nitrogens with zero attached hydrogens (tertiary/aromatic N) is 3. The third-order valence-corrected chi connectivity index (χ3v) is 9.92. The zero-order valence-corrected chi connectivity index (χ0v) is 22.3. The standard InChI is InChI=1S/C30H50N4/c1-23(34-21-26-9-13-31-19-27(26)22-34)32-20-28-18-30(28)11-15-33(16-12-30)14-10-24-5-7-25(8-6-24)17-29(2,3)4/h9,13,24-25,27-28,32H,1,5-8,10-12,14-22H2,2-4H3. The molecule has 0 amide bonds. The van der Waals surface area contributed by atoms with Gasteiger partial charge in [0.1, 0.15) is 0 Å². The predicted octanol–water partition coefficient (Wildman–Crippen LogP) is 5.72. The number of dihydropyridines is 1. The first-order valence-corrected chi connectivity index (χ1v) is 14.4. The largest absolute Gasteiger partial charge is 0.372 e. The average molecular weight is 467 g/mol. The van der Waals surface area contributed by atoms with Gasteiger partial charge in [-0.05, 0) is 92.0 Å². The Labute approximate surface area is 209 Å². The van der Waals surface area contributed by atoms with Gasteiger partial charge in [-0.2, -0.15) is 0 Å². The molecule has 4 heteroatoms. The van der Waals surface area contributed by atoms with Crippen LogP contribution in [0.25, 0.3) is 0 Å². The fourth-order valence-electron chi connectivity index (χ4n) is 7.57. The Morgan fingerprint density at radius 2 is 1.88 bits per heavy atom. The molecule has 0 radical (unpaired) electrons. The molecule has 0 aromatic rings. The van der Waals surface area contributed by atoms with Gasteiger partial charge in [0.15, 0.2) is 0 Å². The Hall–Kier alpha value is -1.29. The molecule has 34 heavy (non-hydrogen) atoms. The molecule has 4 fully saturated rings. The van der Waals surface area contributed by atoms with Gasteiger partial charge in [0.25, 0.3) is 0 Å². The summed E-state index contributed by atoms with van der Waals surface area (Å²) in [5, 5.41) is 3.71. The highest BCUT2D eigenvalue weighted by Gasteiger charge is 2.54. The second-order valence-corrected chi connectivity index (χ2v) is 13.7. The van der Waals surface area contributed by atoms with Crippen molar-refractivity contribution in [1.82, 2.24) is 15.1 Å². The summed E-state index contributed by atoms with van der Waals surface area (Å²) >= 11 is 0. The lowest BCUT2D eigenvalue weighted by Gasteiger charge is -2.36. The van der Waals surface area contributed by atoms with E-state index in [9.17, 15) is 0 Å². The Bertz CT molecular complexity index is 774. The molecule has 3 aliphatic heterocycles. The topological polar surface area (TPSA) is 30.9 Å². The van der Waals surface area contributed by atoms with Gasteiger partial charge in [-0.15, -0.1) is 0 Å². The highest BCUT2D eigenvalue weighted by molar-refractivity contribution is 5.73. The van der Waals surface area contributed by atoms with Gasteiger partial charge in [0.05, 0.1) is 5.82 Å². The van der Waals surface area contributed by atoms with E-state index in [0.29, 0.717) is 16.7 Å². The summed E-state index contributed by atoms with van der Waals surface area (Å²) in [7, 11) is 0. The molecule has 2 atom stereocenters. The van der Waals surface area contributed by atoms with Crippen LogP contribution in [-0.4, -0.2) is 61.8 Å². The van der Waals surface area contributed by atoms with Crippen molar-refractivity contribution < 1.29 is 0 Å². The van der Waals surface area contributed by atoms with Crippen LogP contribution >= 0.6 is 0 Å². The molecule has 2 saturated heterocycles. The molecule has 4 nitrogen and oxygen atoms in total. The van der Waals surface area contributed by atoms with Gasteiger partial charge >= 0.3 is 0 Å². The highest BCUT2D eigenvalue weighted by atomic mass is 15.3. The molecule has 2 aliphatic carbocycles. The number of likely N-dealkylation sites (tertiary alicyclic amines) is 2. The van der Waals surface area contributed by atoms with Crippen LogP contribution in [0.2, 0.25) is 0 Å². The summed E-state index contributed by atoms with van der Waals surface area (Å²) in [4.78, 5) is 9.65. The van der Waals surface area contributed by atoms with Crippen molar-refractivity contribution in [3.8, 4) is 0 Å². The van der Waals surface area contributed by atoms with Crippen LogP contribution in [-0.2, 0) is 0 Å². The number of fused-ring (bicyclic) bond motifs is 1. The number of hydrogen-bond acceptors (Lipinski definition) is 4. The highest BCUT2D eigenvalue weighted by Crippen LogP contribution is 2.59. The lowest BCUT2D eigenvalue weighted by molar-refractivity contribution is 0.140. The molecule has 2 saturated carbocycles. The van der Waals surface area contributed by atoms with Crippen molar-refractivity contribution in [2.45, 2.75) is 78.6 Å². The van der Waals surface area contributed by atoms with Crippen molar-refractivity contribution in [1.29, 1.82) is 0 Å². The van der Waals surface area contributed by atoms with Gasteiger partial charge in [0.2, 0.25) is 0 Å². The molecule has 3 heterocycles. The molecule has 190 valence electrons. The average Bonchev–Trinajstić information content (AvgIpc) is 3.29. The third kappa shape index (κ3) is 5.91. The van der Waals surface area contributed by atoms with Gasteiger partial charge < -0.3 is 15.1 Å². The van der Waals surface area contributed by atoms with Crippen molar-refractivity contribution >= 4 is 6.21 Å². The lowest BCUT2D eigenvalue weighted by atomic mass is 9.74. The van der Waals surface area contributed by atoms with Crippen molar-refractivity contribution in [2.24, 2.45) is 39.5 Å². The number of piperidine rings is 1. The Balaban J connectivity index is 0.958. The van der Waals surface area contributed by atoms with Crippen LogP contribution in [0.15, 0.2) is 29.0 Å². The minimum atomic E-state index is 0.505. The van der Waals surface area contributed by atoms with Crippen LogP contribution < -0.4 is 5.32 Å². The van der Waals surface area contributed by atoms with E-state index in [0.717, 1.165) is 49.8 Å². The molecule has 2 unspecified atom stereocenters. The van der Waals surface area contributed by atoms with Crippen LogP contribution in [0.5, 0.6) is 0 Å². The van der Waals surface area contributed by atoms with Crippen LogP contribution in [0.4, 0.5) is 0 Å². The summed E-state index contributed by atoms with van der Waals surface area (Å²) in [6.45, 7) is 19.8. The van der Waals surface area contributed by atoms with Crippen LogP contribution in [0, 0.1) is 34.5 Å². The monoisotopic (exact) mass is 466 g/mol. The van der Waals surface area contributed by atoms with Crippen molar-refractivity contribution in [3.05, 3.63) is 24.0 Å². The second kappa shape index (κ2) is 9.99. The predicted molar refractivity (Wildman–Crippen MR) is 144 cm³/mol. The van der Waals surface area contributed by atoms with Crippen LogP contribution in [0.1, 0.15) is 78.6 Å². The summed E-state index contributed by atoms with van der Waals surface area (Å²) in [6, 6.07) is 0. The fraction of sp³-hybridized carbons (Fsp3) is 0.833. The molecule has 0 aromatic heterocycles. The van der Waals surface area contributed by atoms with Gasteiger partial charge in [0, 0.05) is 38.3 Å². The smallest absolute Gasteiger partial charge is 0.0941 e. The number of hydrogen-bond donors (Lipinski definition) is 1. The molecule has 1 N–H and O–H groups in total. The number of nitrogens with one attached hydrogen (secondary N) is 1. The fourth-order valence-corrected chi connectivity index (χ4v) is 7.57.